The average molecular weight is 422 g/mol. The predicted molar refractivity (Wildman–Crippen MR) is 104 cm³/mol. The van der Waals surface area contributed by atoms with Crippen LogP contribution in [0.3, 0.4) is 0 Å². The van der Waals surface area contributed by atoms with Crippen LogP contribution in [0.4, 0.5) is 0 Å². The lowest BCUT2D eigenvalue weighted by atomic mass is 10.2. The second-order valence-corrected chi connectivity index (χ2v) is 8.70. The van der Waals surface area contributed by atoms with E-state index in [1.54, 1.807) is 36.4 Å². The Bertz CT molecular complexity index is 688. The number of hydrogen-bond donors (Lipinski definition) is 0. The van der Waals surface area contributed by atoms with Crippen molar-refractivity contribution in [3.8, 4) is 0 Å². The van der Waals surface area contributed by atoms with Crippen LogP contribution in [-0.4, -0.2) is 17.2 Å². The maximum atomic E-state index is 13.0. The van der Waals surface area contributed by atoms with Crippen LogP contribution in [0.2, 0.25) is 20.1 Å². The van der Waals surface area contributed by atoms with Crippen molar-refractivity contribution in [2.75, 3.05) is 6.16 Å². The molecule has 0 fully saturated rings. The normalized spacial score (nSPS) is 10.9. The van der Waals surface area contributed by atoms with E-state index in [-0.39, 0.29) is 42.3 Å². The van der Waals surface area contributed by atoms with Crippen molar-refractivity contribution in [1.82, 2.24) is 0 Å². The molecule has 0 aromatic heterocycles. The van der Waals surface area contributed by atoms with E-state index in [1.165, 1.54) is 0 Å². The van der Waals surface area contributed by atoms with Gasteiger partial charge in [-0.2, -0.15) is 0 Å². The van der Waals surface area contributed by atoms with E-state index in [2.05, 4.69) is 0 Å². The van der Waals surface area contributed by atoms with Gasteiger partial charge in [0.15, 0.2) is 11.0 Å². The van der Waals surface area contributed by atoms with Crippen molar-refractivity contribution in [2.24, 2.45) is 0 Å². The summed E-state index contributed by atoms with van der Waals surface area (Å²) in [5, 5.41) is 0.923. The van der Waals surface area contributed by atoms with Gasteiger partial charge < -0.3 is 0 Å². The highest BCUT2D eigenvalue weighted by atomic mass is 35.5. The highest BCUT2D eigenvalue weighted by molar-refractivity contribution is 7.90. The van der Waals surface area contributed by atoms with E-state index in [9.17, 15) is 9.59 Å². The number of rotatable bonds is 6. The first-order chi connectivity index (χ1) is 11.4. The molecule has 0 bridgehead atoms. The molecule has 0 N–H and O–H groups in total. The van der Waals surface area contributed by atoms with Crippen LogP contribution >= 0.6 is 54.3 Å². The number of halogens is 4. The summed E-state index contributed by atoms with van der Waals surface area (Å²) in [4.78, 5) is 25.9. The monoisotopic (exact) mass is 420 g/mol. The van der Waals surface area contributed by atoms with E-state index in [1.807, 2.05) is 6.92 Å². The number of carbonyl (C=O) groups excluding carboxylic acids is 2. The molecule has 0 amide bonds. The van der Waals surface area contributed by atoms with Crippen LogP contribution in [-0.2, 0) is 0 Å². The third kappa shape index (κ3) is 4.12. The zero-order valence-corrected chi connectivity index (χ0v) is 16.6. The molecule has 2 aromatic rings. The fourth-order valence-electron chi connectivity index (χ4n) is 2.19. The van der Waals surface area contributed by atoms with Crippen molar-refractivity contribution in [3.63, 3.8) is 0 Å². The van der Waals surface area contributed by atoms with Crippen LogP contribution in [0.25, 0.3) is 0 Å². The maximum Gasteiger partial charge on any atom is 0.195 e. The number of carbonyl (C=O) groups is 2. The van der Waals surface area contributed by atoms with Crippen LogP contribution in [0.15, 0.2) is 36.4 Å². The van der Waals surface area contributed by atoms with Gasteiger partial charge in [-0.3, -0.25) is 9.59 Å². The molecule has 0 atom stereocenters. The van der Waals surface area contributed by atoms with E-state index >= 15 is 0 Å². The molecule has 0 saturated heterocycles. The lowest BCUT2D eigenvalue weighted by Gasteiger charge is -2.17. The van der Waals surface area contributed by atoms with Crippen molar-refractivity contribution in [2.45, 2.75) is 13.3 Å². The van der Waals surface area contributed by atoms with E-state index in [0.717, 1.165) is 0 Å². The molecule has 2 aromatic carbocycles. The summed E-state index contributed by atoms with van der Waals surface area (Å²) in [6.45, 7) is 1.90. The molecule has 126 valence electrons. The van der Waals surface area contributed by atoms with E-state index in [4.69, 9.17) is 46.4 Å². The van der Waals surface area contributed by atoms with Crippen molar-refractivity contribution in [1.29, 1.82) is 0 Å². The molecule has 0 spiro atoms. The molecule has 2 nitrogen and oxygen atoms in total. The van der Waals surface area contributed by atoms with Crippen molar-refractivity contribution < 1.29 is 9.59 Å². The topological polar surface area (TPSA) is 34.1 Å². The second-order valence-electron chi connectivity index (χ2n) is 4.96. The molecule has 0 saturated carbocycles. The van der Waals surface area contributed by atoms with Gasteiger partial charge in [-0.25, -0.2) is 0 Å². The Morgan fingerprint density at radius 1 is 0.792 bits per heavy atom. The Hall–Kier alpha value is -0.630. The van der Waals surface area contributed by atoms with Crippen LogP contribution in [0.1, 0.15) is 34.1 Å². The Morgan fingerprint density at radius 3 is 1.42 bits per heavy atom. The molecule has 0 unspecified atom stereocenters. The van der Waals surface area contributed by atoms with Gasteiger partial charge in [0.1, 0.15) is 0 Å². The molecule has 0 aliphatic rings. The number of benzene rings is 2. The van der Waals surface area contributed by atoms with Gasteiger partial charge >= 0.3 is 0 Å². The first-order valence-electron chi connectivity index (χ1n) is 7.12. The summed E-state index contributed by atoms with van der Waals surface area (Å²) < 4.78 is 0. The summed E-state index contributed by atoms with van der Waals surface area (Å²) in [7, 11) is -1.72. The Kier molecular flexibility index (Phi) is 7.10. The molecular formula is C17H13Cl4O2P. The summed E-state index contributed by atoms with van der Waals surface area (Å²) in [5.41, 5.74) is -0.360. The minimum atomic E-state index is -1.72. The van der Waals surface area contributed by atoms with Crippen molar-refractivity contribution in [3.05, 3.63) is 67.6 Å². The summed E-state index contributed by atoms with van der Waals surface area (Å²) in [6.07, 6.45) is 1.07. The van der Waals surface area contributed by atoms with Gasteiger partial charge in [0, 0.05) is 7.92 Å². The summed E-state index contributed by atoms with van der Waals surface area (Å²) in [5.74, 6) is 0. The lowest BCUT2D eigenvalue weighted by molar-refractivity contribution is 0.105. The SMILES string of the molecule is CCCP(C(=O)c1c(Cl)cccc1Cl)C(=O)c1c(Cl)cccc1Cl. The third-order valence-corrected chi connectivity index (χ3v) is 6.87. The average Bonchev–Trinajstić information content (AvgIpc) is 2.51. The minimum absolute atomic E-state index is 0.178. The second kappa shape index (κ2) is 8.65. The van der Waals surface area contributed by atoms with Crippen LogP contribution < -0.4 is 0 Å². The van der Waals surface area contributed by atoms with Gasteiger partial charge in [0.05, 0.1) is 31.2 Å². The summed E-state index contributed by atoms with van der Waals surface area (Å²) >= 11 is 24.5. The molecule has 24 heavy (non-hydrogen) atoms. The lowest BCUT2D eigenvalue weighted by Crippen LogP contribution is -2.11. The van der Waals surface area contributed by atoms with Crippen molar-refractivity contribution >= 4 is 65.4 Å². The van der Waals surface area contributed by atoms with E-state index in [0.29, 0.717) is 12.6 Å². The molecule has 0 heterocycles. The first kappa shape index (κ1) is 19.7. The molecule has 7 heteroatoms. The largest absolute Gasteiger partial charge is 0.288 e. The molecule has 0 radical (unpaired) electrons. The highest BCUT2D eigenvalue weighted by Gasteiger charge is 2.32. The maximum absolute atomic E-state index is 13.0. The van der Waals surface area contributed by atoms with Gasteiger partial charge in [-0.15, -0.1) is 0 Å². The zero-order chi connectivity index (χ0) is 17.9. The highest BCUT2D eigenvalue weighted by Crippen LogP contribution is 2.48. The Balaban J connectivity index is 2.50. The fourth-order valence-corrected chi connectivity index (χ4v) is 5.65. The first-order valence-corrected chi connectivity index (χ1v) is 10.2. The predicted octanol–water partition coefficient (Wildman–Crippen LogP) is 7.17. The van der Waals surface area contributed by atoms with Gasteiger partial charge in [-0.05, 0) is 30.4 Å². The molecule has 2 rings (SSSR count). The standard InChI is InChI=1S/C17H13Cl4O2P/c1-2-9-24(16(22)14-10(18)5-3-6-11(14)19)17(23)15-12(20)7-4-8-13(15)21/h3-8H,2,9H2,1H3. The Morgan fingerprint density at radius 2 is 1.12 bits per heavy atom. The molecule has 0 aliphatic heterocycles. The molecule has 0 aliphatic carbocycles. The van der Waals surface area contributed by atoms with Gasteiger partial charge in [-0.1, -0.05) is 71.9 Å². The van der Waals surface area contributed by atoms with Crippen LogP contribution in [0.5, 0.6) is 0 Å². The van der Waals surface area contributed by atoms with Gasteiger partial charge in [0.2, 0.25) is 0 Å². The zero-order valence-electron chi connectivity index (χ0n) is 12.7. The van der Waals surface area contributed by atoms with Crippen LogP contribution in [0, 0.1) is 0 Å². The number of hydrogen-bond acceptors (Lipinski definition) is 2. The minimum Gasteiger partial charge on any atom is -0.288 e. The van der Waals surface area contributed by atoms with E-state index < -0.39 is 7.92 Å². The quantitative estimate of drug-likeness (QED) is 0.463. The smallest absolute Gasteiger partial charge is 0.195 e. The third-order valence-electron chi connectivity index (χ3n) is 3.29. The Labute approximate surface area is 161 Å². The van der Waals surface area contributed by atoms with Gasteiger partial charge in [0.25, 0.3) is 0 Å². The fraction of sp³-hybridized carbons (Fsp3) is 0.176. The summed E-state index contributed by atoms with van der Waals surface area (Å²) in [6, 6.07) is 9.60. The molecular weight excluding hydrogens is 409 g/mol.